The summed E-state index contributed by atoms with van der Waals surface area (Å²) in [6.45, 7) is 1.89. The predicted molar refractivity (Wildman–Crippen MR) is 114 cm³/mol. The van der Waals surface area contributed by atoms with E-state index in [1.807, 2.05) is 36.4 Å². The Kier molecular flexibility index (Phi) is 5.42. The summed E-state index contributed by atoms with van der Waals surface area (Å²) in [6, 6.07) is 23.1. The van der Waals surface area contributed by atoms with E-state index in [-0.39, 0.29) is 6.61 Å². The number of ether oxygens (including phenoxy) is 1. The zero-order valence-electron chi connectivity index (χ0n) is 16.6. The Morgan fingerprint density at radius 3 is 2.23 bits per heavy atom. The minimum absolute atomic E-state index is 0.178. The highest BCUT2D eigenvalue weighted by Crippen LogP contribution is 2.34. The van der Waals surface area contributed by atoms with Gasteiger partial charge in [-0.15, -0.1) is 0 Å². The number of hydrogen-bond acceptors (Lipinski definition) is 2. The average molecular weight is 424 g/mol. The molecule has 31 heavy (non-hydrogen) atoms. The number of hydrogen-bond donors (Lipinski definition) is 0. The third-order valence-corrected chi connectivity index (χ3v) is 4.83. The fraction of sp³-hybridized carbons (Fsp3) is 0.125. The van der Waals surface area contributed by atoms with Gasteiger partial charge in [0.05, 0.1) is 29.1 Å². The molecule has 0 aliphatic heterocycles. The molecule has 0 saturated carbocycles. The number of nitrogens with zero attached hydrogens (tertiary/aromatic N) is 2. The van der Waals surface area contributed by atoms with Crippen molar-refractivity contribution in [3.05, 3.63) is 90.5 Å². The summed E-state index contributed by atoms with van der Waals surface area (Å²) in [5, 5.41) is 2.22. The van der Waals surface area contributed by atoms with Crippen LogP contribution in [0, 0.1) is 0 Å². The van der Waals surface area contributed by atoms with Crippen LogP contribution < -0.4 is 5.01 Å². The first-order valence-electron chi connectivity index (χ1n) is 9.70. The van der Waals surface area contributed by atoms with Crippen LogP contribution in [0.5, 0.6) is 0 Å². The number of benzene rings is 3. The van der Waals surface area contributed by atoms with Crippen LogP contribution >= 0.6 is 0 Å². The molecule has 0 unspecified atom stereocenters. The maximum Gasteiger partial charge on any atom is 0.433 e. The van der Waals surface area contributed by atoms with Crippen molar-refractivity contribution in [2.24, 2.45) is 0 Å². The molecule has 0 atom stereocenters. The molecule has 1 amide bonds. The van der Waals surface area contributed by atoms with Gasteiger partial charge in [0, 0.05) is 10.9 Å². The minimum Gasteiger partial charge on any atom is -0.448 e. The van der Waals surface area contributed by atoms with Crippen LogP contribution in [0.25, 0.3) is 22.2 Å². The standard InChI is InChI=1S/C24H19F3N2O2/c1-2-31-23(30)28(20-9-4-3-5-10-20)29-21-11-7-6-8-18(21)16-22(29)17-12-14-19(15-13-17)24(25,26)27/h3-16H,2H2,1H3. The van der Waals surface area contributed by atoms with E-state index in [1.165, 1.54) is 17.1 Å². The van der Waals surface area contributed by atoms with E-state index in [4.69, 9.17) is 4.74 Å². The lowest BCUT2D eigenvalue weighted by Crippen LogP contribution is -2.36. The zero-order chi connectivity index (χ0) is 22.0. The minimum atomic E-state index is -4.42. The molecule has 4 rings (SSSR count). The molecule has 0 N–H and O–H groups in total. The van der Waals surface area contributed by atoms with Gasteiger partial charge in [-0.05, 0) is 43.3 Å². The summed E-state index contributed by atoms with van der Waals surface area (Å²) in [5.41, 5.74) is 1.65. The lowest BCUT2D eigenvalue weighted by Gasteiger charge is -2.26. The zero-order valence-corrected chi connectivity index (χ0v) is 16.6. The van der Waals surface area contributed by atoms with E-state index < -0.39 is 17.8 Å². The number of amides is 1. The first-order valence-corrected chi connectivity index (χ1v) is 9.70. The molecule has 0 fully saturated rings. The highest BCUT2D eigenvalue weighted by atomic mass is 19.4. The van der Waals surface area contributed by atoms with Crippen LogP contribution in [0.3, 0.4) is 0 Å². The van der Waals surface area contributed by atoms with Crippen LogP contribution in [0.15, 0.2) is 84.9 Å². The number of carbonyl (C=O) groups is 1. The average Bonchev–Trinajstić information content (AvgIpc) is 3.14. The van der Waals surface area contributed by atoms with Crippen LogP contribution in [0.2, 0.25) is 0 Å². The Morgan fingerprint density at radius 1 is 0.935 bits per heavy atom. The van der Waals surface area contributed by atoms with E-state index in [1.54, 1.807) is 35.9 Å². The van der Waals surface area contributed by atoms with Crippen LogP contribution in [0.4, 0.5) is 23.7 Å². The Balaban J connectivity index is 1.95. The van der Waals surface area contributed by atoms with Crippen molar-refractivity contribution >= 4 is 22.7 Å². The molecule has 3 aromatic carbocycles. The second-order valence-electron chi connectivity index (χ2n) is 6.82. The van der Waals surface area contributed by atoms with Crippen molar-refractivity contribution in [3.63, 3.8) is 0 Å². The first kappa shape index (κ1) is 20.5. The van der Waals surface area contributed by atoms with Crippen molar-refractivity contribution < 1.29 is 22.7 Å². The van der Waals surface area contributed by atoms with E-state index in [0.717, 1.165) is 17.5 Å². The second kappa shape index (κ2) is 8.18. The van der Waals surface area contributed by atoms with Crippen molar-refractivity contribution in [1.29, 1.82) is 0 Å². The van der Waals surface area contributed by atoms with E-state index in [0.29, 0.717) is 22.5 Å². The Morgan fingerprint density at radius 2 is 1.58 bits per heavy atom. The van der Waals surface area contributed by atoms with Gasteiger partial charge in [0.25, 0.3) is 0 Å². The van der Waals surface area contributed by atoms with Gasteiger partial charge in [0.15, 0.2) is 0 Å². The first-order chi connectivity index (χ1) is 14.9. The van der Waals surface area contributed by atoms with Crippen molar-refractivity contribution in [2.75, 3.05) is 11.6 Å². The van der Waals surface area contributed by atoms with Gasteiger partial charge in [-0.1, -0.05) is 48.5 Å². The summed E-state index contributed by atoms with van der Waals surface area (Å²) in [4.78, 5) is 13.0. The van der Waals surface area contributed by atoms with Gasteiger partial charge in [-0.3, -0.25) is 0 Å². The summed E-state index contributed by atoms with van der Waals surface area (Å²) < 4.78 is 46.1. The summed E-state index contributed by atoms with van der Waals surface area (Å²) in [5.74, 6) is 0. The Hall–Kier alpha value is -3.74. The maximum absolute atomic E-state index is 13.0. The summed E-state index contributed by atoms with van der Waals surface area (Å²) in [6.07, 6.45) is -5.02. The number of carbonyl (C=O) groups excluding carboxylic acids is 1. The van der Waals surface area contributed by atoms with Gasteiger partial charge in [-0.2, -0.15) is 18.2 Å². The van der Waals surface area contributed by atoms with E-state index in [9.17, 15) is 18.0 Å². The molecule has 4 aromatic rings. The van der Waals surface area contributed by atoms with Gasteiger partial charge in [0.2, 0.25) is 0 Å². The Labute approximate surface area is 177 Å². The SMILES string of the molecule is CCOC(=O)N(c1ccccc1)n1c(-c2ccc(C(F)(F)F)cc2)cc2ccccc21. The molecule has 0 spiro atoms. The summed E-state index contributed by atoms with van der Waals surface area (Å²) in [7, 11) is 0. The topological polar surface area (TPSA) is 34.5 Å². The van der Waals surface area contributed by atoms with Crippen LogP contribution in [-0.2, 0) is 10.9 Å². The fourth-order valence-electron chi connectivity index (χ4n) is 3.45. The van der Waals surface area contributed by atoms with Crippen molar-refractivity contribution in [2.45, 2.75) is 13.1 Å². The van der Waals surface area contributed by atoms with E-state index in [2.05, 4.69) is 0 Å². The smallest absolute Gasteiger partial charge is 0.433 e. The lowest BCUT2D eigenvalue weighted by molar-refractivity contribution is -0.137. The second-order valence-corrected chi connectivity index (χ2v) is 6.82. The molecule has 0 bridgehead atoms. The molecular formula is C24H19F3N2O2. The van der Waals surface area contributed by atoms with Crippen molar-refractivity contribution in [3.8, 4) is 11.3 Å². The van der Waals surface area contributed by atoms with Gasteiger partial charge in [0.1, 0.15) is 0 Å². The van der Waals surface area contributed by atoms with Gasteiger partial charge < -0.3 is 4.74 Å². The van der Waals surface area contributed by atoms with Crippen molar-refractivity contribution in [1.82, 2.24) is 4.68 Å². The molecule has 0 aliphatic rings. The summed E-state index contributed by atoms with van der Waals surface area (Å²) >= 11 is 0. The third kappa shape index (κ3) is 3.99. The van der Waals surface area contributed by atoms with Gasteiger partial charge in [-0.25, -0.2) is 9.47 Å². The predicted octanol–water partition coefficient (Wildman–Crippen LogP) is 6.75. The number of fused-ring (bicyclic) bond motifs is 1. The quantitative estimate of drug-likeness (QED) is 0.363. The van der Waals surface area contributed by atoms with E-state index >= 15 is 0 Å². The normalized spacial score (nSPS) is 11.5. The Bertz CT molecular complexity index is 1200. The third-order valence-electron chi connectivity index (χ3n) is 4.83. The number of alkyl halides is 3. The maximum atomic E-state index is 13.0. The molecule has 0 aliphatic carbocycles. The molecule has 0 saturated heterocycles. The largest absolute Gasteiger partial charge is 0.448 e. The highest BCUT2D eigenvalue weighted by molar-refractivity contribution is 5.94. The monoisotopic (exact) mass is 424 g/mol. The molecular weight excluding hydrogens is 405 g/mol. The number of rotatable bonds is 4. The molecule has 4 nitrogen and oxygen atoms in total. The number of para-hydroxylation sites is 2. The van der Waals surface area contributed by atoms with Crippen LogP contribution in [0.1, 0.15) is 12.5 Å². The number of aromatic nitrogens is 1. The lowest BCUT2D eigenvalue weighted by atomic mass is 10.1. The molecule has 0 radical (unpaired) electrons. The number of anilines is 1. The molecule has 1 heterocycles. The molecule has 1 aromatic heterocycles. The van der Waals surface area contributed by atoms with Gasteiger partial charge >= 0.3 is 12.3 Å². The highest BCUT2D eigenvalue weighted by Gasteiger charge is 2.30. The number of halogens is 3. The van der Waals surface area contributed by atoms with Crippen LogP contribution in [-0.4, -0.2) is 17.4 Å². The molecule has 158 valence electrons. The molecule has 7 heteroatoms. The fourth-order valence-corrected chi connectivity index (χ4v) is 3.45.